The zero-order valence-corrected chi connectivity index (χ0v) is 16.9. The van der Waals surface area contributed by atoms with Crippen LogP contribution in [0, 0.1) is 11.8 Å². The predicted octanol–water partition coefficient (Wildman–Crippen LogP) is 2.32. The standard InChI is InChI=1S/C22H24F2N6O/c23-17-3-1-2-4-18(17)28-14-5-8-22(13-25,9-6-14)30-12-16(20(26)31)21(30)29-15-7-10-27-19(24)11-15/h1-4,7,10-12,14,28H,5-6,8-9,13,25H2,(H2,26,31)/p+1. The smallest absolute Gasteiger partial charge is 0.296 e. The highest BCUT2D eigenvalue weighted by Crippen LogP contribution is 2.36. The Kier molecular flexibility index (Phi) is 5.69. The Balaban J connectivity index is 1.53. The molecule has 4 rings (SSSR count). The van der Waals surface area contributed by atoms with Crippen molar-refractivity contribution in [3.8, 4) is 0 Å². The number of carbonyl (C=O) groups excluding carboxylic acids is 1. The monoisotopic (exact) mass is 427 g/mol. The summed E-state index contributed by atoms with van der Waals surface area (Å²) in [7, 11) is 0. The van der Waals surface area contributed by atoms with Gasteiger partial charge in [-0.3, -0.25) is 4.79 Å². The van der Waals surface area contributed by atoms with Crippen molar-refractivity contribution >= 4 is 23.1 Å². The summed E-state index contributed by atoms with van der Waals surface area (Å²) in [5.41, 5.74) is 12.6. The number of carbonyl (C=O) groups is 1. The van der Waals surface area contributed by atoms with Crippen LogP contribution in [0.1, 0.15) is 25.7 Å². The molecule has 31 heavy (non-hydrogen) atoms. The topological polar surface area (TPSA) is 109 Å². The maximum atomic E-state index is 14.0. The second kappa shape index (κ2) is 8.43. The lowest BCUT2D eigenvalue weighted by molar-refractivity contribution is -0.561. The summed E-state index contributed by atoms with van der Waals surface area (Å²) in [6, 6.07) is 9.57. The van der Waals surface area contributed by atoms with Gasteiger partial charge in [0.2, 0.25) is 5.95 Å². The Morgan fingerprint density at radius 2 is 1.97 bits per heavy atom. The SMILES string of the molecule is NCC1([N+]2=C(Nc3ccnc(F)c3)C(C(N)=O)=C2)CCC(Nc2ccccc2F)CC1. The number of primary amides is 1. The van der Waals surface area contributed by atoms with Gasteiger partial charge in [-0.25, -0.2) is 19.3 Å². The van der Waals surface area contributed by atoms with Gasteiger partial charge < -0.3 is 16.8 Å². The van der Waals surface area contributed by atoms with Crippen molar-refractivity contribution in [2.45, 2.75) is 37.3 Å². The number of nitrogens with two attached hydrogens (primary N) is 2. The molecule has 162 valence electrons. The number of halogens is 2. The fraction of sp³-hybridized carbons (Fsp3) is 0.318. The molecule has 1 amide bonds. The maximum absolute atomic E-state index is 14.0. The number of nitrogens with zero attached hydrogens (tertiary/aromatic N) is 2. The summed E-state index contributed by atoms with van der Waals surface area (Å²) in [5, 5.41) is 6.36. The number of amidine groups is 1. The maximum Gasteiger partial charge on any atom is 0.296 e. The lowest BCUT2D eigenvalue weighted by Crippen LogP contribution is -2.57. The average Bonchev–Trinajstić information content (AvgIpc) is 2.74. The number of hydrogen-bond acceptors (Lipinski definition) is 5. The van der Waals surface area contributed by atoms with Crippen LogP contribution >= 0.6 is 0 Å². The first-order valence-electron chi connectivity index (χ1n) is 10.2. The van der Waals surface area contributed by atoms with E-state index in [1.54, 1.807) is 30.5 Å². The van der Waals surface area contributed by atoms with Crippen LogP contribution in [0.4, 0.5) is 20.2 Å². The molecule has 0 bridgehead atoms. The molecule has 1 fully saturated rings. The molecule has 0 unspecified atom stereocenters. The van der Waals surface area contributed by atoms with Crippen LogP contribution in [0.5, 0.6) is 0 Å². The fourth-order valence-electron chi connectivity index (χ4n) is 4.26. The Bertz CT molecular complexity index is 1060. The third-order valence-electron chi connectivity index (χ3n) is 6.05. The first-order chi connectivity index (χ1) is 14.9. The summed E-state index contributed by atoms with van der Waals surface area (Å²) in [6.07, 6.45) is 6.05. The summed E-state index contributed by atoms with van der Waals surface area (Å²) in [4.78, 5) is 15.4. The molecule has 0 spiro atoms. The highest BCUT2D eigenvalue weighted by Gasteiger charge is 2.47. The van der Waals surface area contributed by atoms with Gasteiger partial charge in [-0.1, -0.05) is 12.1 Å². The Morgan fingerprint density at radius 1 is 1.23 bits per heavy atom. The molecule has 0 radical (unpaired) electrons. The zero-order chi connectivity index (χ0) is 22.0. The molecule has 1 aliphatic carbocycles. The minimum Gasteiger partial charge on any atom is -0.380 e. The first-order valence-corrected chi connectivity index (χ1v) is 10.2. The van der Waals surface area contributed by atoms with Gasteiger partial charge in [0, 0.05) is 30.9 Å². The summed E-state index contributed by atoms with van der Waals surface area (Å²) >= 11 is 0. The van der Waals surface area contributed by atoms with Gasteiger partial charge in [0.25, 0.3) is 11.7 Å². The molecule has 1 aromatic carbocycles. The van der Waals surface area contributed by atoms with E-state index in [2.05, 4.69) is 15.6 Å². The van der Waals surface area contributed by atoms with Gasteiger partial charge in [0.15, 0.2) is 5.57 Å². The van der Waals surface area contributed by atoms with Gasteiger partial charge >= 0.3 is 0 Å². The molecule has 1 aromatic heterocycles. The van der Waals surface area contributed by atoms with Gasteiger partial charge in [-0.2, -0.15) is 4.39 Å². The van der Waals surface area contributed by atoms with Crippen LogP contribution in [-0.2, 0) is 4.79 Å². The molecule has 2 aromatic rings. The van der Waals surface area contributed by atoms with Crippen LogP contribution in [-0.4, -0.2) is 39.4 Å². The number of aromatic nitrogens is 1. The first kappa shape index (κ1) is 20.9. The van der Waals surface area contributed by atoms with Gasteiger partial charge in [-0.05, 0) is 37.8 Å². The van der Waals surface area contributed by atoms with E-state index in [-0.39, 0.29) is 11.9 Å². The quantitative estimate of drug-likeness (QED) is 0.418. The summed E-state index contributed by atoms with van der Waals surface area (Å²) in [5.74, 6) is -0.979. The predicted molar refractivity (Wildman–Crippen MR) is 114 cm³/mol. The number of benzene rings is 1. The summed E-state index contributed by atoms with van der Waals surface area (Å²) in [6.45, 7) is 0.359. The number of para-hydroxylation sites is 1. The van der Waals surface area contributed by atoms with E-state index in [1.807, 2.05) is 4.58 Å². The largest absolute Gasteiger partial charge is 0.380 e. The van der Waals surface area contributed by atoms with Gasteiger partial charge in [0.05, 0.1) is 5.69 Å². The van der Waals surface area contributed by atoms with Crippen LogP contribution < -0.4 is 22.1 Å². The van der Waals surface area contributed by atoms with Gasteiger partial charge in [-0.15, -0.1) is 0 Å². The molecule has 2 aliphatic rings. The van der Waals surface area contributed by atoms with Crippen molar-refractivity contribution in [1.82, 2.24) is 4.98 Å². The van der Waals surface area contributed by atoms with E-state index >= 15 is 0 Å². The number of pyridine rings is 1. The van der Waals surface area contributed by atoms with E-state index in [0.717, 1.165) is 25.7 Å². The normalized spacial score (nSPS) is 23.1. The van der Waals surface area contributed by atoms with Crippen molar-refractivity contribution in [3.05, 3.63) is 66.1 Å². The van der Waals surface area contributed by atoms with Crippen molar-refractivity contribution in [3.63, 3.8) is 0 Å². The molecular formula is C22H25F2N6O+. The molecule has 0 saturated heterocycles. The second-order valence-electron chi connectivity index (χ2n) is 7.94. The van der Waals surface area contributed by atoms with Crippen molar-refractivity contribution in [2.24, 2.45) is 11.5 Å². The highest BCUT2D eigenvalue weighted by molar-refractivity contribution is 6.24. The molecule has 2 heterocycles. The molecule has 1 saturated carbocycles. The molecular weight excluding hydrogens is 402 g/mol. The molecule has 1 aliphatic heterocycles. The third kappa shape index (κ3) is 4.13. The zero-order valence-electron chi connectivity index (χ0n) is 16.9. The van der Waals surface area contributed by atoms with E-state index in [1.165, 1.54) is 18.3 Å². The van der Waals surface area contributed by atoms with E-state index in [9.17, 15) is 13.6 Å². The number of amides is 1. The Morgan fingerprint density at radius 3 is 2.61 bits per heavy atom. The van der Waals surface area contributed by atoms with E-state index in [0.29, 0.717) is 29.3 Å². The van der Waals surface area contributed by atoms with Crippen molar-refractivity contribution in [2.75, 3.05) is 17.2 Å². The van der Waals surface area contributed by atoms with E-state index in [4.69, 9.17) is 11.5 Å². The molecule has 6 N–H and O–H groups in total. The number of hydrogen-bond donors (Lipinski definition) is 4. The second-order valence-corrected chi connectivity index (χ2v) is 7.94. The number of anilines is 2. The van der Waals surface area contributed by atoms with Crippen molar-refractivity contribution in [1.29, 1.82) is 0 Å². The molecule has 9 heteroatoms. The van der Waals surface area contributed by atoms with Crippen LogP contribution in [0.2, 0.25) is 0 Å². The third-order valence-corrected chi connectivity index (χ3v) is 6.05. The lowest BCUT2D eigenvalue weighted by Gasteiger charge is -2.41. The van der Waals surface area contributed by atoms with Crippen LogP contribution in [0.15, 0.2) is 54.4 Å². The van der Waals surface area contributed by atoms with Crippen LogP contribution in [0.25, 0.3) is 0 Å². The number of rotatable bonds is 6. The van der Waals surface area contributed by atoms with Gasteiger partial charge in [0.1, 0.15) is 23.2 Å². The molecule has 0 atom stereocenters. The Labute approximate surface area is 178 Å². The molecule has 7 nitrogen and oxygen atoms in total. The minimum absolute atomic E-state index is 0.114. The van der Waals surface area contributed by atoms with Crippen molar-refractivity contribution < 1.29 is 18.2 Å². The average molecular weight is 427 g/mol. The minimum atomic E-state index is -0.630. The van der Waals surface area contributed by atoms with E-state index < -0.39 is 17.4 Å². The number of nitrogens with one attached hydrogen (secondary N) is 2. The highest BCUT2D eigenvalue weighted by atomic mass is 19.1. The van der Waals surface area contributed by atoms with Crippen LogP contribution in [0.3, 0.4) is 0 Å². The summed E-state index contributed by atoms with van der Waals surface area (Å²) < 4.78 is 29.4. The Hall–Kier alpha value is -3.33. The fourth-order valence-corrected chi connectivity index (χ4v) is 4.26. The lowest BCUT2D eigenvalue weighted by atomic mass is 9.77.